The Morgan fingerprint density at radius 2 is 1.93 bits per heavy atom. The summed E-state index contributed by atoms with van der Waals surface area (Å²) in [6.45, 7) is 4.59. The van der Waals surface area contributed by atoms with E-state index in [1.54, 1.807) is 12.4 Å². The van der Waals surface area contributed by atoms with Crippen LogP contribution in [0.2, 0.25) is 0 Å². The second-order valence-corrected chi connectivity index (χ2v) is 8.43. The maximum absolute atomic E-state index is 12.7. The van der Waals surface area contributed by atoms with E-state index in [0.717, 1.165) is 36.1 Å². The first-order valence-electron chi connectivity index (χ1n) is 9.99. The van der Waals surface area contributed by atoms with E-state index in [1.807, 2.05) is 35.2 Å². The van der Waals surface area contributed by atoms with Crippen LogP contribution in [-0.2, 0) is 11.3 Å². The molecule has 0 radical (unpaired) electrons. The Bertz CT molecular complexity index is 944. The number of benzene rings is 1. The molecule has 0 spiro atoms. The van der Waals surface area contributed by atoms with Gasteiger partial charge in [0, 0.05) is 31.0 Å². The molecule has 0 bridgehead atoms. The Morgan fingerprint density at radius 1 is 1.14 bits per heavy atom. The second-order valence-electron chi connectivity index (χ2n) is 7.49. The van der Waals surface area contributed by atoms with Gasteiger partial charge < -0.3 is 4.90 Å². The fourth-order valence-corrected chi connectivity index (χ4v) is 4.49. The number of pyridine rings is 1. The van der Waals surface area contributed by atoms with Gasteiger partial charge in [0.15, 0.2) is 11.0 Å². The highest BCUT2D eigenvalue weighted by molar-refractivity contribution is 7.99. The van der Waals surface area contributed by atoms with Crippen molar-refractivity contribution in [3.8, 4) is 11.4 Å². The summed E-state index contributed by atoms with van der Waals surface area (Å²) in [7, 11) is 0. The van der Waals surface area contributed by atoms with Crippen LogP contribution in [0.25, 0.3) is 11.4 Å². The van der Waals surface area contributed by atoms with Gasteiger partial charge in [-0.15, -0.1) is 10.2 Å². The average Bonchev–Trinajstić information content (AvgIpc) is 3.15. The zero-order valence-electron chi connectivity index (χ0n) is 16.6. The quantitative estimate of drug-likeness (QED) is 0.583. The summed E-state index contributed by atoms with van der Waals surface area (Å²) in [5.74, 6) is 1.94. The molecule has 3 aromatic rings. The Balaban J connectivity index is 1.54. The third-order valence-electron chi connectivity index (χ3n) is 5.17. The first-order chi connectivity index (χ1) is 14.2. The van der Waals surface area contributed by atoms with E-state index in [1.165, 1.54) is 23.7 Å². The highest BCUT2D eigenvalue weighted by atomic mass is 32.2. The fraction of sp³-hybridized carbons (Fsp3) is 0.364. The van der Waals surface area contributed by atoms with Gasteiger partial charge in [0.25, 0.3) is 0 Å². The standard InChI is InChI=1S/C22H25N5OS/c1-17-6-5-13-26(14-17)20(28)16-29-22-25-24-21(19-9-11-23-12-10-19)27(22)15-18-7-3-2-4-8-18/h2-4,7-12,17H,5-6,13-16H2,1H3/t17-/m1/s1. The molecular formula is C22H25N5OS. The normalized spacial score (nSPS) is 16.7. The summed E-state index contributed by atoms with van der Waals surface area (Å²) >= 11 is 1.47. The molecule has 29 heavy (non-hydrogen) atoms. The van der Waals surface area contributed by atoms with E-state index in [9.17, 15) is 4.79 Å². The van der Waals surface area contributed by atoms with Crippen molar-refractivity contribution in [2.24, 2.45) is 5.92 Å². The minimum atomic E-state index is 0.182. The third-order valence-corrected chi connectivity index (χ3v) is 6.12. The lowest BCUT2D eigenvalue weighted by Gasteiger charge is -2.30. The maximum Gasteiger partial charge on any atom is 0.233 e. The molecule has 0 aliphatic carbocycles. The zero-order valence-corrected chi connectivity index (χ0v) is 17.4. The van der Waals surface area contributed by atoms with Crippen molar-refractivity contribution in [3.63, 3.8) is 0 Å². The van der Waals surface area contributed by atoms with Gasteiger partial charge >= 0.3 is 0 Å². The van der Waals surface area contributed by atoms with Gasteiger partial charge in [-0.25, -0.2) is 0 Å². The molecule has 1 aromatic carbocycles. The predicted octanol–water partition coefficient (Wildman–Crippen LogP) is 3.74. The summed E-state index contributed by atoms with van der Waals surface area (Å²) in [6, 6.07) is 14.1. The lowest BCUT2D eigenvalue weighted by molar-refractivity contribution is -0.130. The summed E-state index contributed by atoms with van der Waals surface area (Å²) in [4.78, 5) is 18.8. The Morgan fingerprint density at radius 3 is 2.69 bits per heavy atom. The van der Waals surface area contributed by atoms with E-state index in [4.69, 9.17) is 0 Å². The maximum atomic E-state index is 12.7. The van der Waals surface area contributed by atoms with Crippen LogP contribution >= 0.6 is 11.8 Å². The number of amides is 1. The number of carbonyl (C=O) groups is 1. The van der Waals surface area contributed by atoms with Crippen LogP contribution < -0.4 is 0 Å². The first-order valence-corrected chi connectivity index (χ1v) is 11.0. The van der Waals surface area contributed by atoms with Crippen LogP contribution in [0.3, 0.4) is 0 Å². The second kappa shape index (κ2) is 9.22. The van der Waals surface area contributed by atoms with E-state index >= 15 is 0 Å². The van der Waals surface area contributed by atoms with Crippen molar-refractivity contribution in [1.82, 2.24) is 24.6 Å². The molecule has 3 heterocycles. The highest BCUT2D eigenvalue weighted by Gasteiger charge is 2.22. The van der Waals surface area contributed by atoms with Gasteiger partial charge in [0.2, 0.25) is 5.91 Å². The molecule has 2 aromatic heterocycles. The van der Waals surface area contributed by atoms with Crippen LogP contribution in [0.1, 0.15) is 25.3 Å². The molecule has 1 atom stereocenters. The molecule has 0 saturated carbocycles. The monoisotopic (exact) mass is 407 g/mol. The van der Waals surface area contributed by atoms with Crippen LogP contribution in [0.15, 0.2) is 60.0 Å². The molecule has 1 saturated heterocycles. The van der Waals surface area contributed by atoms with Crippen LogP contribution in [-0.4, -0.2) is 49.4 Å². The van der Waals surface area contributed by atoms with Gasteiger partial charge in [-0.05, 0) is 36.5 Å². The topological polar surface area (TPSA) is 63.9 Å². The van der Waals surface area contributed by atoms with Gasteiger partial charge in [0.05, 0.1) is 12.3 Å². The van der Waals surface area contributed by atoms with Crippen LogP contribution in [0, 0.1) is 5.92 Å². The molecule has 1 aliphatic rings. The number of aromatic nitrogens is 4. The number of carbonyl (C=O) groups excluding carboxylic acids is 1. The average molecular weight is 408 g/mol. The first kappa shape index (κ1) is 19.6. The number of likely N-dealkylation sites (tertiary alicyclic amines) is 1. The summed E-state index contributed by atoms with van der Waals surface area (Å²) < 4.78 is 2.08. The molecule has 7 heteroatoms. The van der Waals surface area contributed by atoms with Gasteiger partial charge in [-0.2, -0.15) is 0 Å². The minimum absolute atomic E-state index is 0.182. The molecule has 1 fully saturated rings. The Kier molecular flexibility index (Phi) is 6.24. The predicted molar refractivity (Wildman–Crippen MR) is 114 cm³/mol. The van der Waals surface area contributed by atoms with E-state index in [-0.39, 0.29) is 5.91 Å². The Labute approximate surface area is 175 Å². The number of thioether (sulfide) groups is 1. The largest absolute Gasteiger partial charge is 0.342 e. The van der Waals surface area contributed by atoms with E-state index in [2.05, 4.69) is 38.8 Å². The molecule has 4 rings (SSSR count). The molecule has 0 unspecified atom stereocenters. The smallest absolute Gasteiger partial charge is 0.233 e. The van der Waals surface area contributed by atoms with E-state index in [0.29, 0.717) is 18.2 Å². The van der Waals surface area contributed by atoms with Crippen molar-refractivity contribution in [3.05, 3.63) is 60.4 Å². The molecule has 1 amide bonds. The lowest BCUT2D eigenvalue weighted by atomic mass is 10.0. The number of rotatable bonds is 6. The molecule has 0 N–H and O–H groups in total. The van der Waals surface area contributed by atoms with Gasteiger partial charge in [-0.1, -0.05) is 49.0 Å². The van der Waals surface area contributed by atoms with Crippen LogP contribution in [0.4, 0.5) is 0 Å². The molecule has 1 aliphatic heterocycles. The summed E-state index contributed by atoms with van der Waals surface area (Å²) in [5.41, 5.74) is 2.13. The van der Waals surface area contributed by atoms with Crippen molar-refractivity contribution >= 4 is 17.7 Å². The van der Waals surface area contributed by atoms with Crippen molar-refractivity contribution in [1.29, 1.82) is 0 Å². The number of piperidine rings is 1. The SMILES string of the molecule is C[C@@H]1CCCN(C(=O)CSc2nnc(-c3ccncc3)n2Cc2ccccc2)C1. The highest BCUT2D eigenvalue weighted by Crippen LogP contribution is 2.26. The van der Waals surface area contributed by atoms with E-state index < -0.39 is 0 Å². The lowest BCUT2D eigenvalue weighted by Crippen LogP contribution is -2.40. The van der Waals surface area contributed by atoms with Gasteiger partial charge in [-0.3, -0.25) is 14.3 Å². The van der Waals surface area contributed by atoms with Crippen molar-refractivity contribution in [2.45, 2.75) is 31.5 Å². The number of hydrogen-bond donors (Lipinski definition) is 0. The van der Waals surface area contributed by atoms with Gasteiger partial charge in [0.1, 0.15) is 0 Å². The molecular weight excluding hydrogens is 382 g/mol. The fourth-order valence-electron chi connectivity index (χ4n) is 3.65. The molecule has 150 valence electrons. The summed E-state index contributed by atoms with van der Waals surface area (Å²) in [5, 5.41) is 9.59. The molecule has 6 nitrogen and oxygen atoms in total. The van der Waals surface area contributed by atoms with Crippen molar-refractivity contribution < 1.29 is 4.79 Å². The van der Waals surface area contributed by atoms with Crippen molar-refractivity contribution in [2.75, 3.05) is 18.8 Å². The Hall–Kier alpha value is -2.67. The summed E-state index contributed by atoms with van der Waals surface area (Å²) in [6.07, 6.45) is 5.81. The third kappa shape index (κ3) is 4.85. The number of nitrogens with zero attached hydrogens (tertiary/aromatic N) is 5. The zero-order chi connectivity index (χ0) is 20.1. The minimum Gasteiger partial charge on any atom is -0.342 e. The number of hydrogen-bond acceptors (Lipinski definition) is 5. The van der Waals surface area contributed by atoms with Crippen LogP contribution in [0.5, 0.6) is 0 Å².